The monoisotopic (exact) mass is 468 g/mol. The number of likely N-dealkylation sites (tertiary alicyclic amines) is 1. The second-order valence-corrected chi connectivity index (χ2v) is 9.16. The average Bonchev–Trinajstić information content (AvgIpc) is 3.38. The van der Waals surface area contributed by atoms with E-state index in [9.17, 15) is 14.4 Å². The lowest BCUT2D eigenvalue weighted by molar-refractivity contribution is -0.154. The van der Waals surface area contributed by atoms with Crippen LogP contribution in [0.2, 0.25) is 0 Å². The first kappa shape index (κ1) is 23.0. The molecule has 4 atom stereocenters. The summed E-state index contributed by atoms with van der Waals surface area (Å²) in [6.45, 7) is 2.05. The lowest BCUT2D eigenvalue weighted by atomic mass is 9.76. The molecule has 0 aromatic heterocycles. The number of methoxy groups -OCH3 is 1. The molecule has 0 spiro atoms. The van der Waals surface area contributed by atoms with Gasteiger partial charge in [-0.3, -0.25) is 24.6 Å². The minimum Gasteiger partial charge on any atom is -0.468 e. The largest absolute Gasteiger partial charge is 0.468 e. The van der Waals surface area contributed by atoms with Gasteiger partial charge in [-0.25, -0.2) is 0 Å². The molecule has 2 aliphatic heterocycles. The van der Waals surface area contributed by atoms with E-state index in [1.165, 1.54) is 12.0 Å². The Morgan fingerprint density at radius 1 is 0.886 bits per heavy atom. The maximum Gasteiger partial charge on any atom is 0.327 e. The van der Waals surface area contributed by atoms with Gasteiger partial charge in [0.05, 0.1) is 18.9 Å². The fraction of sp³-hybridized carbons (Fsp3) is 0.276. The molecular weight excluding hydrogens is 440 g/mol. The van der Waals surface area contributed by atoms with Crippen LogP contribution in [0.5, 0.6) is 0 Å². The lowest BCUT2D eigenvalue weighted by Gasteiger charge is -2.32. The number of carbonyl (C=O) groups excluding carboxylic acids is 3. The van der Waals surface area contributed by atoms with Crippen molar-refractivity contribution < 1.29 is 19.1 Å². The number of ether oxygens (including phenoxy) is 1. The number of nitrogens with one attached hydrogen (secondary N) is 1. The van der Waals surface area contributed by atoms with Crippen LogP contribution in [0.25, 0.3) is 11.1 Å². The van der Waals surface area contributed by atoms with Crippen molar-refractivity contribution in [1.82, 2.24) is 10.2 Å². The molecule has 0 radical (unpaired) electrons. The normalized spacial score (nSPS) is 25.5. The highest BCUT2D eigenvalue weighted by Gasteiger charge is 2.68. The number of carbonyl (C=O) groups is 3. The second-order valence-electron chi connectivity index (χ2n) is 9.16. The van der Waals surface area contributed by atoms with Gasteiger partial charge in [-0.15, -0.1) is 0 Å². The second kappa shape index (κ2) is 9.12. The Labute approximate surface area is 204 Å². The Balaban J connectivity index is 1.59. The first-order valence-electron chi connectivity index (χ1n) is 11.9. The molecule has 6 heteroatoms. The van der Waals surface area contributed by atoms with Gasteiger partial charge in [-0.1, -0.05) is 84.9 Å². The van der Waals surface area contributed by atoms with Gasteiger partial charge in [-0.2, -0.15) is 0 Å². The number of amides is 2. The molecule has 3 unspecified atom stereocenters. The van der Waals surface area contributed by atoms with E-state index in [-0.39, 0.29) is 24.8 Å². The van der Waals surface area contributed by atoms with Gasteiger partial charge in [-0.05, 0) is 29.2 Å². The highest BCUT2D eigenvalue weighted by atomic mass is 16.5. The van der Waals surface area contributed by atoms with Crippen molar-refractivity contribution in [2.24, 2.45) is 11.8 Å². The van der Waals surface area contributed by atoms with Crippen molar-refractivity contribution in [3.63, 3.8) is 0 Å². The molecule has 0 bridgehead atoms. The third kappa shape index (κ3) is 3.74. The Morgan fingerprint density at radius 3 is 2.09 bits per heavy atom. The van der Waals surface area contributed by atoms with Crippen molar-refractivity contribution in [2.45, 2.75) is 24.9 Å². The van der Waals surface area contributed by atoms with Crippen molar-refractivity contribution >= 4 is 17.8 Å². The molecular formula is C29H28N2O4. The Morgan fingerprint density at radius 2 is 1.49 bits per heavy atom. The summed E-state index contributed by atoms with van der Waals surface area (Å²) in [5, 5.41) is 3.44. The maximum absolute atomic E-state index is 13.5. The van der Waals surface area contributed by atoms with E-state index in [2.05, 4.69) is 5.32 Å². The highest BCUT2D eigenvalue weighted by molar-refractivity contribution is 6.09. The standard InChI is InChI=1S/C29H28N2O4/c1-3-31-26(32)23-24(27(31)33)29(28(34)35-2,18-19-10-6-4-7-11-19)30-25(23)22-16-14-21(15-17-22)20-12-8-5-9-13-20/h4-17,23-25,30H,3,18H2,1-2H3/t23?,24?,25?,29-/m1/s1. The molecule has 2 saturated heterocycles. The summed E-state index contributed by atoms with van der Waals surface area (Å²) in [6.07, 6.45) is 0.247. The van der Waals surface area contributed by atoms with Crippen LogP contribution in [0, 0.1) is 11.8 Å². The van der Waals surface area contributed by atoms with Crippen LogP contribution in [-0.2, 0) is 25.5 Å². The number of esters is 1. The van der Waals surface area contributed by atoms with Crippen molar-refractivity contribution in [3.8, 4) is 11.1 Å². The van der Waals surface area contributed by atoms with Gasteiger partial charge >= 0.3 is 5.97 Å². The smallest absolute Gasteiger partial charge is 0.327 e. The zero-order chi connectivity index (χ0) is 24.6. The summed E-state index contributed by atoms with van der Waals surface area (Å²) in [7, 11) is 1.33. The summed E-state index contributed by atoms with van der Waals surface area (Å²) in [5.74, 6) is -2.63. The fourth-order valence-corrected chi connectivity index (χ4v) is 5.70. The highest BCUT2D eigenvalue weighted by Crippen LogP contribution is 2.50. The van der Waals surface area contributed by atoms with E-state index in [0.29, 0.717) is 0 Å². The molecule has 3 aromatic carbocycles. The van der Waals surface area contributed by atoms with Gasteiger partial charge in [0.1, 0.15) is 5.54 Å². The van der Waals surface area contributed by atoms with Crippen LogP contribution in [0.3, 0.4) is 0 Å². The van der Waals surface area contributed by atoms with E-state index >= 15 is 0 Å². The van der Waals surface area contributed by atoms with Crippen molar-refractivity contribution in [2.75, 3.05) is 13.7 Å². The topological polar surface area (TPSA) is 75.7 Å². The number of benzene rings is 3. The predicted molar refractivity (Wildman–Crippen MR) is 132 cm³/mol. The quantitative estimate of drug-likeness (QED) is 0.440. The molecule has 2 amide bonds. The van der Waals surface area contributed by atoms with E-state index in [1.807, 2.05) is 84.9 Å². The fourth-order valence-electron chi connectivity index (χ4n) is 5.70. The number of nitrogens with zero attached hydrogens (tertiary/aromatic N) is 1. The summed E-state index contributed by atoms with van der Waals surface area (Å²) >= 11 is 0. The van der Waals surface area contributed by atoms with Gasteiger partial charge in [0.25, 0.3) is 0 Å². The minimum atomic E-state index is -1.35. The zero-order valence-electron chi connectivity index (χ0n) is 19.8. The molecule has 3 aromatic rings. The molecule has 1 N–H and O–H groups in total. The van der Waals surface area contributed by atoms with E-state index < -0.39 is 29.4 Å². The number of fused-ring (bicyclic) bond motifs is 1. The molecule has 35 heavy (non-hydrogen) atoms. The third-order valence-electron chi connectivity index (χ3n) is 7.31. The molecule has 0 aliphatic carbocycles. The first-order valence-corrected chi connectivity index (χ1v) is 11.9. The minimum absolute atomic E-state index is 0.244. The van der Waals surface area contributed by atoms with Crippen LogP contribution >= 0.6 is 0 Å². The number of hydrogen-bond donors (Lipinski definition) is 1. The van der Waals surface area contributed by atoms with Crippen LogP contribution in [0.4, 0.5) is 0 Å². The predicted octanol–water partition coefficient (Wildman–Crippen LogP) is 3.77. The molecule has 0 saturated carbocycles. The first-order chi connectivity index (χ1) is 17.0. The van der Waals surface area contributed by atoms with E-state index in [4.69, 9.17) is 4.74 Å². The lowest BCUT2D eigenvalue weighted by Crippen LogP contribution is -2.57. The number of hydrogen-bond acceptors (Lipinski definition) is 5. The summed E-state index contributed by atoms with van der Waals surface area (Å²) in [4.78, 5) is 41.7. The van der Waals surface area contributed by atoms with Crippen LogP contribution in [0.15, 0.2) is 84.9 Å². The van der Waals surface area contributed by atoms with Crippen LogP contribution in [-0.4, -0.2) is 41.9 Å². The van der Waals surface area contributed by atoms with Crippen molar-refractivity contribution in [1.29, 1.82) is 0 Å². The maximum atomic E-state index is 13.5. The van der Waals surface area contributed by atoms with Gasteiger partial charge < -0.3 is 4.74 Å². The van der Waals surface area contributed by atoms with E-state index in [0.717, 1.165) is 22.3 Å². The molecule has 2 aliphatic rings. The van der Waals surface area contributed by atoms with Crippen molar-refractivity contribution in [3.05, 3.63) is 96.1 Å². The van der Waals surface area contributed by atoms with Crippen LogP contribution in [0.1, 0.15) is 24.1 Å². The number of imide groups is 1. The molecule has 6 nitrogen and oxygen atoms in total. The van der Waals surface area contributed by atoms with E-state index in [1.54, 1.807) is 6.92 Å². The Bertz CT molecular complexity index is 1240. The molecule has 2 fully saturated rings. The average molecular weight is 469 g/mol. The van der Waals surface area contributed by atoms with Gasteiger partial charge in [0, 0.05) is 19.0 Å². The zero-order valence-corrected chi connectivity index (χ0v) is 19.8. The van der Waals surface area contributed by atoms with Crippen LogP contribution < -0.4 is 5.32 Å². The number of rotatable bonds is 6. The molecule has 178 valence electrons. The molecule has 2 heterocycles. The van der Waals surface area contributed by atoms with Gasteiger partial charge in [0.15, 0.2) is 0 Å². The SMILES string of the molecule is CCN1C(=O)C2C(c3ccc(-c4ccccc4)cc3)N[C@@](Cc3ccccc3)(C(=O)OC)C2C1=O. The third-order valence-corrected chi connectivity index (χ3v) is 7.31. The summed E-state index contributed by atoms with van der Waals surface area (Å²) in [5.41, 5.74) is 2.54. The summed E-state index contributed by atoms with van der Waals surface area (Å²) in [6, 6.07) is 27.0. The Kier molecular flexibility index (Phi) is 5.99. The van der Waals surface area contributed by atoms with Gasteiger partial charge in [0.2, 0.25) is 11.8 Å². The summed E-state index contributed by atoms with van der Waals surface area (Å²) < 4.78 is 5.25. The Hall–Kier alpha value is -3.77. The molecule has 5 rings (SSSR count).